The van der Waals surface area contributed by atoms with E-state index in [1.807, 2.05) is 18.2 Å². The Hall–Kier alpha value is -4.60. The monoisotopic (exact) mass is 652 g/mol. The van der Waals surface area contributed by atoms with Gasteiger partial charge in [-0.25, -0.2) is 0 Å². The first kappa shape index (κ1) is 32.0. The van der Waals surface area contributed by atoms with Crippen LogP contribution in [0.4, 0.5) is 0 Å². The van der Waals surface area contributed by atoms with Crippen molar-refractivity contribution in [2.75, 3.05) is 62.7 Å². The molecule has 0 spiro atoms. The molecule has 4 aromatic rings. The molecule has 48 heavy (non-hydrogen) atoms. The molecular weight excluding hydrogens is 608 g/mol. The van der Waals surface area contributed by atoms with E-state index in [2.05, 4.69) is 60.3 Å². The number of hydrogen-bond donors (Lipinski definition) is 0. The fraction of sp³-hybridized carbons (Fsp3) is 0.385. The summed E-state index contributed by atoms with van der Waals surface area (Å²) >= 11 is 0. The van der Waals surface area contributed by atoms with Crippen molar-refractivity contribution in [3.05, 3.63) is 88.0 Å². The summed E-state index contributed by atoms with van der Waals surface area (Å²) in [5.41, 5.74) is 6.84. The average Bonchev–Trinajstić information content (AvgIpc) is 3.10. The lowest BCUT2D eigenvalue weighted by Crippen LogP contribution is -2.34. The Morgan fingerprint density at radius 3 is 1.96 bits per heavy atom. The number of fused-ring (bicyclic) bond motifs is 2. The highest BCUT2D eigenvalue weighted by Crippen LogP contribution is 2.56. The summed E-state index contributed by atoms with van der Waals surface area (Å²) in [7, 11) is 12.7. The second kappa shape index (κ2) is 13.1. The van der Waals surface area contributed by atoms with Crippen LogP contribution in [0.25, 0.3) is 0 Å². The number of benzene rings is 4. The predicted octanol–water partition coefficient (Wildman–Crippen LogP) is 7.17. The topological polar surface area (TPSA) is 71.1 Å². The van der Waals surface area contributed by atoms with Gasteiger partial charge in [0.25, 0.3) is 0 Å². The summed E-state index contributed by atoms with van der Waals surface area (Å²) < 4.78 is 43.4. The van der Waals surface area contributed by atoms with Crippen LogP contribution < -0.4 is 33.2 Å². The zero-order chi connectivity index (χ0) is 33.5. The maximum Gasteiger partial charge on any atom is 0.208 e. The Morgan fingerprint density at radius 1 is 0.604 bits per heavy atom. The molecule has 2 atom stereocenters. The van der Waals surface area contributed by atoms with E-state index in [-0.39, 0.29) is 12.1 Å². The van der Waals surface area contributed by atoms with Gasteiger partial charge >= 0.3 is 0 Å². The Kier molecular flexibility index (Phi) is 8.74. The lowest BCUT2D eigenvalue weighted by molar-refractivity contribution is 0.216. The number of hydrogen-bond acceptors (Lipinski definition) is 9. The summed E-state index contributed by atoms with van der Waals surface area (Å²) in [6.45, 7) is 1.77. The van der Waals surface area contributed by atoms with Crippen molar-refractivity contribution in [2.45, 2.75) is 37.8 Å². The fourth-order valence-electron chi connectivity index (χ4n) is 7.58. The second-order valence-corrected chi connectivity index (χ2v) is 12.8. The van der Waals surface area contributed by atoms with Gasteiger partial charge < -0.3 is 33.2 Å². The molecule has 4 aromatic carbocycles. The van der Waals surface area contributed by atoms with Crippen LogP contribution in [-0.4, -0.2) is 72.5 Å². The molecule has 8 rings (SSSR count). The minimum atomic E-state index is -0.0839. The summed E-state index contributed by atoms with van der Waals surface area (Å²) in [4.78, 5) is 4.78. The van der Waals surface area contributed by atoms with Gasteiger partial charge in [0.05, 0.1) is 35.5 Å². The zero-order valence-electron chi connectivity index (χ0n) is 28.8. The van der Waals surface area contributed by atoms with E-state index >= 15 is 0 Å². The molecule has 0 aliphatic carbocycles. The van der Waals surface area contributed by atoms with Gasteiger partial charge in [0, 0.05) is 36.3 Å². The maximum atomic E-state index is 7.07. The summed E-state index contributed by atoms with van der Waals surface area (Å²) in [5, 5.41) is 0. The van der Waals surface area contributed by atoms with Crippen LogP contribution in [0.15, 0.2) is 54.6 Å². The van der Waals surface area contributed by atoms with Gasteiger partial charge in [-0.3, -0.25) is 9.80 Å². The highest BCUT2D eigenvalue weighted by Gasteiger charge is 2.37. The fourth-order valence-corrected chi connectivity index (χ4v) is 7.58. The number of nitrogens with zero attached hydrogens (tertiary/aromatic N) is 2. The van der Waals surface area contributed by atoms with E-state index < -0.39 is 0 Å². The normalized spacial score (nSPS) is 18.8. The van der Waals surface area contributed by atoms with Crippen LogP contribution in [0.2, 0.25) is 0 Å². The van der Waals surface area contributed by atoms with Crippen LogP contribution in [0, 0.1) is 0 Å². The largest absolute Gasteiger partial charge is 0.493 e. The highest BCUT2D eigenvalue weighted by molar-refractivity contribution is 5.70. The smallest absolute Gasteiger partial charge is 0.208 e. The van der Waals surface area contributed by atoms with Gasteiger partial charge in [0.2, 0.25) is 11.5 Å². The van der Waals surface area contributed by atoms with Gasteiger partial charge in [-0.2, -0.15) is 0 Å². The second-order valence-electron chi connectivity index (χ2n) is 12.8. The van der Waals surface area contributed by atoms with E-state index in [1.54, 1.807) is 35.5 Å². The molecule has 0 N–H and O–H groups in total. The molecule has 0 saturated carbocycles. The van der Waals surface area contributed by atoms with Crippen molar-refractivity contribution in [3.8, 4) is 51.7 Å². The van der Waals surface area contributed by atoms with Gasteiger partial charge in [-0.05, 0) is 98.4 Å². The molecule has 4 aliphatic heterocycles. The van der Waals surface area contributed by atoms with Crippen molar-refractivity contribution in [1.82, 2.24) is 9.80 Å². The van der Waals surface area contributed by atoms with E-state index in [0.29, 0.717) is 52.4 Å². The average molecular weight is 653 g/mol. The molecule has 4 heterocycles. The van der Waals surface area contributed by atoms with E-state index in [0.717, 1.165) is 54.8 Å². The Labute approximate surface area is 282 Å². The van der Waals surface area contributed by atoms with Crippen molar-refractivity contribution >= 4 is 0 Å². The first-order valence-corrected chi connectivity index (χ1v) is 16.4. The molecule has 252 valence electrons. The molecule has 0 saturated heterocycles. The van der Waals surface area contributed by atoms with Crippen molar-refractivity contribution in [1.29, 1.82) is 0 Å². The van der Waals surface area contributed by atoms with E-state index in [4.69, 9.17) is 33.2 Å². The minimum Gasteiger partial charge on any atom is -0.493 e. The number of rotatable bonds is 5. The highest BCUT2D eigenvalue weighted by atomic mass is 16.6. The number of ether oxygens (including phenoxy) is 7. The standard InChI is InChI=1S/C39H44N2O7/c1-40-16-14-25-21-32(43-4)34-22-28(25)29(40)18-23-8-11-26(12-9-23)47-33-20-24(10-13-31(33)42-3)19-30-35-27(15-17-41(30)2)36(44-5)38(45-6)39(46-7)37(35)48-34/h8-13,20-22,29-30H,14-19H2,1-7H3/t29-,30+/m0/s1. The van der Waals surface area contributed by atoms with Crippen molar-refractivity contribution < 1.29 is 33.2 Å². The first-order chi connectivity index (χ1) is 23.4. The molecule has 0 aromatic heterocycles. The first-order valence-electron chi connectivity index (χ1n) is 16.4. The van der Waals surface area contributed by atoms with Gasteiger partial charge in [-0.15, -0.1) is 0 Å². The lowest BCUT2D eigenvalue weighted by Gasteiger charge is -2.38. The van der Waals surface area contributed by atoms with Gasteiger partial charge in [0.1, 0.15) is 5.75 Å². The van der Waals surface area contributed by atoms with Crippen LogP contribution in [-0.2, 0) is 25.7 Å². The SMILES string of the molecule is COc1ccc2cc1Oc1ccc(cc1)C[C@H]1c3cc(c(OC)cc3CCN1C)Oc1c(OC)c(OC)c(OC)c3c1[C@@H](C2)N(C)CC3. The third-order valence-electron chi connectivity index (χ3n) is 10.2. The molecule has 0 unspecified atom stereocenters. The summed E-state index contributed by atoms with van der Waals surface area (Å²) in [6, 6.07) is 18.9. The van der Waals surface area contributed by atoms with E-state index in [1.165, 1.54) is 16.7 Å². The van der Waals surface area contributed by atoms with Crippen LogP contribution in [0.1, 0.15) is 45.5 Å². The van der Waals surface area contributed by atoms with Crippen LogP contribution in [0.3, 0.4) is 0 Å². The van der Waals surface area contributed by atoms with Crippen molar-refractivity contribution in [3.63, 3.8) is 0 Å². The number of methoxy groups -OCH3 is 5. The molecular formula is C39H44N2O7. The lowest BCUT2D eigenvalue weighted by atomic mass is 9.86. The molecule has 0 amide bonds. The van der Waals surface area contributed by atoms with Crippen LogP contribution >= 0.6 is 0 Å². The predicted molar refractivity (Wildman–Crippen MR) is 184 cm³/mol. The molecule has 0 fully saturated rings. The molecule has 0 radical (unpaired) electrons. The van der Waals surface area contributed by atoms with E-state index in [9.17, 15) is 0 Å². The van der Waals surface area contributed by atoms with Gasteiger partial charge in [0.15, 0.2) is 34.5 Å². The quantitative estimate of drug-likeness (QED) is 0.223. The zero-order valence-corrected chi connectivity index (χ0v) is 28.8. The molecule has 6 bridgehead atoms. The third kappa shape index (κ3) is 5.54. The van der Waals surface area contributed by atoms with Crippen molar-refractivity contribution in [2.24, 2.45) is 0 Å². The minimum absolute atomic E-state index is 0.0839. The molecule has 4 aliphatic rings. The Morgan fingerprint density at radius 2 is 1.25 bits per heavy atom. The molecule has 9 heteroatoms. The third-order valence-corrected chi connectivity index (χ3v) is 10.2. The summed E-state index contributed by atoms with van der Waals surface area (Å²) in [6.07, 6.45) is 3.18. The molecule has 9 nitrogen and oxygen atoms in total. The Balaban J connectivity index is 1.50. The van der Waals surface area contributed by atoms with Gasteiger partial charge in [-0.1, -0.05) is 18.2 Å². The number of likely N-dealkylation sites (N-methyl/N-ethyl adjacent to an activating group) is 2. The Bertz CT molecular complexity index is 1820. The maximum absolute atomic E-state index is 7.07. The van der Waals surface area contributed by atoms with Crippen LogP contribution in [0.5, 0.6) is 51.7 Å². The summed E-state index contributed by atoms with van der Waals surface area (Å²) in [5.74, 6) is 5.67.